The first-order chi connectivity index (χ1) is 8.40. The molecule has 0 radical (unpaired) electrons. The third-order valence-electron chi connectivity index (χ3n) is 3.80. The van der Waals surface area contributed by atoms with Gasteiger partial charge in [-0.3, -0.25) is 4.98 Å². The molecule has 0 aliphatic carbocycles. The summed E-state index contributed by atoms with van der Waals surface area (Å²) in [4.78, 5) is 4.79. The number of hydrogen-bond donors (Lipinski definition) is 0. The Kier molecular flexibility index (Phi) is 3.43. The molecular weight excluding hydrogens is 213 g/mol. The van der Waals surface area contributed by atoms with Crippen LogP contribution < -0.4 is 22.0 Å². The van der Waals surface area contributed by atoms with E-state index in [-0.39, 0.29) is 0 Å². The third kappa shape index (κ3) is 2.27. The fraction of sp³-hybridized carbons (Fsp3) is 0.154. The van der Waals surface area contributed by atoms with Crippen molar-refractivity contribution < 1.29 is 0 Å². The van der Waals surface area contributed by atoms with E-state index in [0.717, 1.165) is 11.3 Å². The average Bonchev–Trinajstić information content (AvgIpc) is 2.30. The molecule has 0 unspecified atom stereocenters. The van der Waals surface area contributed by atoms with E-state index in [1.165, 1.54) is 33.1 Å². The molecule has 0 bridgehead atoms. The summed E-state index contributed by atoms with van der Waals surface area (Å²) in [6, 6.07) is 6.64. The van der Waals surface area contributed by atoms with Gasteiger partial charge in [-0.1, -0.05) is 40.2 Å². The second kappa shape index (κ2) is 4.72. The second-order valence-corrected chi connectivity index (χ2v) is 5.30. The van der Waals surface area contributed by atoms with Crippen LogP contribution in [0.3, 0.4) is 0 Å². The molecule has 0 saturated carbocycles. The van der Waals surface area contributed by atoms with Gasteiger partial charge in [0.25, 0.3) is 0 Å². The molecule has 0 amide bonds. The molecule has 1 nitrogen and oxygen atoms in total. The number of nitrogens with zero attached hydrogens (tertiary/aromatic N) is 1. The monoisotopic (exact) mass is 231 g/mol. The third-order valence-corrected chi connectivity index (χ3v) is 3.80. The van der Waals surface area contributed by atoms with Gasteiger partial charge in [-0.2, -0.15) is 0 Å². The van der Waals surface area contributed by atoms with Gasteiger partial charge < -0.3 is 0 Å². The number of aromatic nitrogens is 1. The first-order valence-electron chi connectivity index (χ1n) is 6.43. The minimum absolute atomic E-state index is 1.13. The quantitative estimate of drug-likeness (QED) is 0.462. The molecule has 1 aromatic carbocycles. The normalized spacial score (nSPS) is 10.6. The summed E-state index contributed by atoms with van der Waals surface area (Å²) in [5, 5.41) is 0. The van der Waals surface area contributed by atoms with E-state index in [1.807, 2.05) is 0 Å². The first-order valence-corrected chi connectivity index (χ1v) is 6.43. The van der Waals surface area contributed by atoms with Crippen LogP contribution in [-0.2, 0) is 0 Å². The fourth-order valence-electron chi connectivity index (χ4n) is 2.46. The van der Waals surface area contributed by atoms with E-state index >= 15 is 0 Å². The van der Waals surface area contributed by atoms with E-state index < -0.39 is 0 Å². The Bertz CT molecular complexity index is 603. The molecule has 0 aliphatic rings. The Labute approximate surface area is 113 Å². The highest BCUT2D eigenvalue weighted by atomic mass is 14.7. The van der Waals surface area contributed by atoms with Crippen molar-refractivity contribution in [2.75, 3.05) is 0 Å². The maximum absolute atomic E-state index is 4.79. The molecule has 1 aromatic heterocycles. The van der Waals surface area contributed by atoms with Crippen molar-refractivity contribution in [3.63, 3.8) is 0 Å². The highest BCUT2D eigenvalue weighted by Gasteiger charge is 2.10. The van der Waals surface area contributed by atoms with Crippen molar-refractivity contribution in [2.45, 2.75) is 13.8 Å². The molecule has 86 valence electrons. The molecule has 1 heterocycles. The van der Waals surface area contributed by atoms with E-state index in [1.54, 1.807) is 0 Å². The van der Waals surface area contributed by atoms with Crippen molar-refractivity contribution in [1.82, 2.24) is 4.98 Å². The van der Waals surface area contributed by atoms with Crippen LogP contribution in [0.25, 0.3) is 11.3 Å². The van der Waals surface area contributed by atoms with Crippen LogP contribution in [0.2, 0.25) is 0 Å². The van der Waals surface area contributed by atoms with Gasteiger partial charge in [-0.15, -0.1) is 0 Å². The molecule has 0 saturated heterocycles. The second-order valence-electron chi connectivity index (χ2n) is 5.30. The summed E-state index contributed by atoms with van der Waals surface area (Å²) in [6.45, 7) is 4.33. The van der Waals surface area contributed by atoms with Crippen molar-refractivity contribution in [1.29, 1.82) is 0 Å². The molecule has 0 atom stereocenters. The lowest BCUT2D eigenvalue weighted by Crippen LogP contribution is -2.26. The Morgan fingerprint density at radius 2 is 1.39 bits per heavy atom. The first kappa shape index (κ1) is 13.1. The predicted molar refractivity (Wildman–Crippen MR) is 91.9 cm³/mol. The van der Waals surface area contributed by atoms with Crippen LogP contribution in [0.1, 0.15) is 11.1 Å². The maximum Gasteiger partial charge on any atom is 0.164 e. The molecule has 2 aromatic rings. The van der Waals surface area contributed by atoms with Crippen LogP contribution in [0.15, 0.2) is 18.2 Å². The summed E-state index contributed by atoms with van der Waals surface area (Å²) < 4.78 is 0. The van der Waals surface area contributed by atoms with Crippen molar-refractivity contribution >= 4 is 53.4 Å². The van der Waals surface area contributed by atoms with E-state index in [4.69, 9.17) is 4.98 Å². The summed E-state index contributed by atoms with van der Waals surface area (Å²) >= 11 is 0. The molecule has 5 heteroatoms. The van der Waals surface area contributed by atoms with Gasteiger partial charge in [0.1, 0.15) is 23.5 Å². The smallest absolute Gasteiger partial charge is 0.164 e. The Hall–Kier alpha value is -1.37. The molecular formula is C13H17B4N. The molecule has 0 fully saturated rings. The van der Waals surface area contributed by atoms with Gasteiger partial charge in [-0.05, 0) is 30.6 Å². The molecule has 0 spiro atoms. The number of pyridine rings is 1. The summed E-state index contributed by atoms with van der Waals surface area (Å²) in [5.41, 5.74) is 10.0. The SMILES string of the molecule is Bc1cc(B)cc(-c2nc(B)c(C)c(C)c2B)c1. The zero-order chi connectivity index (χ0) is 13.4. The van der Waals surface area contributed by atoms with Crippen molar-refractivity contribution in [3.05, 3.63) is 29.3 Å². The summed E-state index contributed by atoms with van der Waals surface area (Å²) in [7, 11) is 8.54. The fourth-order valence-corrected chi connectivity index (χ4v) is 2.46. The lowest BCUT2D eigenvalue weighted by molar-refractivity contribution is 1.29. The maximum atomic E-state index is 4.79. The van der Waals surface area contributed by atoms with Gasteiger partial charge in [0.05, 0.1) is 5.69 Å². The zero-order valence-electron chi connectivity index (χ0n) is 12.2. The standard InChI is InChI=1S/C13H17B4N/c1-6-7(2)13(17)18-12(11(6)16)8-3-9(14)5-10(15)4-8/h3-5H,14-17H2,1-2H3. The number of rotatable bonds is 1. The topological polar surface area (TPSA) is 12.9 Å². The zero-order valence-corrected chi connectivity index (χ0v) is 12.2. The Balaban J connectivity index is 2.71. The summed E-state index contributed by atoms with van der Waals surface area (Å²) in [5.74, 6) is 0. The van der Waals surface area contributed by atoms with Gasteiger partial charge in [0, 0.05) is 0 Å². The van der Waals surface area contributed by atoms with Crippen LogP contribution in [0, 0.1) is 13.8 Å². The minimum Gasteiger partial charge on any atom is -0.264 e. The predicted octanol–water partition coefficient (Wildman–Crippen LogP) is -3.60. The average molecular weight is 231 g/mol. The van der Waals surface area contributed by atoms with Crippen molar-refractivity contribution in [3.8, 4) is 11.3 Å². The van der Waals surface area contributed by atoms with Gasteiger partial charge >= 0.3 is 0 Å². The van der Waals surface area contributed by atoms with Gasteiger partial charge in [0.2, 0.25) is 0 Å². The molecule has 0 N–H and O–H groups in total. The van der Waals surface area contributed by atoms with Gasteiger partial charge in [0.15, 0.2) is 7.85 Å². The van der Waals surface area contributed by atoms with Crippen LogP contribution in [0.4, 0.5) is 0 Å². The van der Waals surface area contributed by atoms with E-state index in [0.29, 0.717) is 0 Å². The van der Waals surface area contributed by atoms with Gasteiger partial charge in [-0.25, -0.2) is 0 Å². The lowest BCUT2D eigenvalue weighted by atomic mass is 9.79. The van der Waals surface area contributed by atoms with Crippen LogP contribution in [0.5, 0.6) is 0 Å². The molecule has 18 heavy (non-hydrogen) atoms. The van der Waals surface area contributed by atoms with Crippen molar-refractivity contribution in [2.24, 2.45) is 0 Å². The van der Waals surface area contributed by atoms with E-state index in [9.17, 15) is 0 Å². The lowest BCUT2D eigenvalue weighted by Gasteiger charge is -2.15. The number of benzene rings is 1. The summed E-state index contributed by atoms with van der Waals surface area (Å²) in [6.07, 6.45) is 0. The molecule has 2 rings (SSSR count). The largest absolute Gasteiger partial charge is 0.264 e. The van der Waals surface area contributed by atoms with Crippen LogP contribution in [-0.4, -0.2) is 36.4 Å². The Morgan fingerprint density at radius 1 is 0.833 bits per heavy atom. The number of hydrogen-bond acceptors (Lipinski definition) is 1. The minimum atomic E-state index is 1.13. The molecule has 0 aliphatic heterocycles. The Morgan fingerprint density at radius 3 is 1.94 bits per heavy atom. The van der Waals surface area contributed by atoms with Crippen LogP contribution >= 0.6 is 0 Å². The highest BCUT2D eigenvalue weighted by Crippen LogP contribution is 2.13. The van der Waals surface area contributed by atoms with E-state index in [2.05, 4.69) is 63.4 Å². The highest BCUT2D eigenvalue weighted by molar-refractivity contribution is 6.40.